The van der Waals surface area contributed by atoms with Gasteiger partial charge in [0.2, 0.25) is 0 Å². The number of carbonyl (C=O) groups excluding carboxylic acids is 1. The summed E-state index contributed by atoms with van der Waals surface area (Å²) in [5, 5.41) is 12.0. The molecule has 142 valence electrons. The topological polar surface area (TPSA) is 73.0 Å². The van der Waals surface area contributed by atoms with Crippen molar-refractivity contribution in [1.82, 2.24) is 15.0 Å². The predicted octanol–water partition coefficient (Wildman–Crippen LogP) is 4.92. The highest BCUT2D eigenvalue weighted by Gasteiger charge is 2.13. The molecule has 0 bridgehead atoms. The van der Waals surface area contributed by atoms with Crippen LogP contribution in [0.2, 0.25) is 0 Å². The molecule has 0 saturated heterocycles. The molecule has 0 aliphatic carbocycles. The summed E-state index contributed by atoms with van der Waals surface area (Å²) in [5.74, 6) is -0.0196. The summed E-state index contributed by atoms with van der Waals surface area (Å²) in [4.78, 5) is 13.9. The number of hydrogen-bond donors (Lipinski definition) is 1. The van der Waals surface area contributed by atoms with Crippen LogP contribution in [-0.2, 0) is 6.42 Å². The lowest BCUT2D eigenvalue weighted by Crippen LogP contribution is -2.11. The molecule has 1 amide bonds. The van der Waals surface area contributed by atoms with Crippen LogP contribution in [0.5, 0.6) is 0 Å². The number of unbranched alkanes of at least 4 members (excludes halogenated alkanes) is 1. The second kappa shape index (κ2) is 7.68. The third-order valence-electron chi connectivity index (χ3n) is 4.71. The van der Waals surface area contributed by atoms with Crippen LogP contribution in [0.1, 0.15) is 41.4 Å². The number of carbonyl (C=O) groups is 1. The number of aromatic nitrogens is 3. The van der Waals surface area contributed by atoms with Crippen LogP contribution in [0.15, 0.2) is 59.2 Å². The van der Waals surface area contributed by atoms with Crippen molar-refractivity contribution in [2.45, 2.75) is 33.1 Å². The van der Waals surface area contributed by atoms with Crippen molar-refractivity contribution >= 4 is 22.6 Å². The van der Waals surface area contributed by atoms with Crippen molar-refractivity contribution in [2.24, 2.45) is 0 Å². The first kappa shape index (κ1) is 18.0. The Labute approximate surface area is 163 Å². The third-order valence-corrected chi connectivity index (χ3v) is 4.71. The Morgan fingerprint density at radius 1 is 1.11 bits per heavy atom. The van der Waals surface area contributed by atoms with Gasteiger partial charge in [-0.1, -0.05) is 25.5 Å². The molecule has 0 unspecified atom stereocenters. The van der Waals surface area contributed by atoms with Crippen LogP contribution >= 0.6 is 0 Å². The molecule has 0 fully saturated rings. The second-order valence-electron chi connectivity index (χ2n) is 6.85. The third kappa shape index (κ3) is 3.67. The molecule has 2 aromatic carbocycles. The zero-order valence-corrected chi connectivity index (χ0v) is 16.0. The molecule has 0 aliphatic rings. The van der Waals surface area contributed by atoms with Crippen molar-refractivity contribution in [3.8, 4) is 5.69 Å². The molecule has 0 saturated carbocycles. The van der Waals surface area contributed by atoms with E-state index in [1.165, 1.54) is 24.7 Å². The Morgan fingerprint density at radius 2 is 1.86 bits per heavy atom. The summed E-state index contributed by atoms with van der Waals surface area (Å²) in [7, 11) is 0. The van der Waals surface area contributed by atoms with Crippen molar-refractivity contribution in [3.63, 3.8) is 0 Å². The molecule has 4 rings (SSSR count). The molecule has 0 aliphatic heterocycles. The van der Waals surface area contributed by atoms with E-state index in [2.05, 4.69) is 34.6 Å². The quantitative estimate of drug-likeness (QED) is 0.520. The lowest BCUT2D eigenvalue weighted by atomic mass is 10.1. The van der Waals surface area contributed by atoms with Gasteiger partial charge in [-0.05, 0) is 67.3 Å². The fourth-order valence-electron chi connectivity index (χ4n) is 3.09. The maximum Gasteiger partial charge on any atom is 0.291 e. The summed E-state index contributed by atoms with van der Waals surface area (Å²) < 4.78 is 5.15. The highest BCUT2D eigenvalue weighted by Crippen LogP contribution is 2.23. The van der Waals surface area contributed by atoms with Crippen LogP contribution < -0.4 is 5.32 Å². The van der Waals surface area contributed by atoms with Crippen LogP contribution in [0.3, 0.4) is 0 Å². The van der Waals surface area contributed by atoms with E-state index in [0.29, 0.717) is 5.69 Å². The Kier molecular flexibility index (Phi) is 4.93. The molecule has 4 aromatic rings. The number of benzene rings is 2. The van der Waals surface area contributed by atoms with Gasteiger partial charge < -0.3 is 9.73 Å². The van der Waals surface area contributed by atoms with Gasteiger partial charge in [-0.2, -0.15) is 4.80 Å². The number of amides is 1. The summed E-state index contributed by atoms with van der Waals surface area (Å²) >= 11 is 0. The van der Waals surface area contributed by atoms with E-state index in [0.717, 1.165) is 28.7 Å². The molecule has 1 N–H and O–H groups in total. The minimum absolute atomic E-state index is 0.270. The molecule has 0 radical (unpaired) electrons. The fourth-order valence-corrected chi connectivity index (χ4v) is 3.09. The molecular weight excluding hydrogens is 352 g/mol. The van der Waals surface area contributed by atoms with Gasteiger partial charge in [0.15, 0.2) is 5.76 Å². The van der Waals surface area contributed by atoms with E-state index in [1.54, 1.807) is 16.9 Å². The van der Waals surface area contributed by atoms with Gasteiger partial charge in [-0.3, -0.25) is 4.79 Å². The van der Waals surface area contributed by atoms with Gasteiger partial charge in [-0.25, -0.2) is 0 Å². The standard InChI is InChI=1S/C22H22N4O2/c1-3-4-6-16-8-10-17(11-9-16)26-24-19-13-15(2)18(14-20(19)25-26)23-22(27)21-7-5-12-28-21/h5,7-14H,3-4,6H2,1-2H3,(H,23,27). The number of anilines is 1. The van der Waals surface area contributed by atoms with Crippen molar-refractivity contribution in [2.75, 3.05) is 5.32 Å². The van der Waals surface area contributed by atoms with Crippen molar-refractivity contribution in [1.29, 1.82) is 0 Å². The minimum atomic E-state index is -0.289. The number of nitrogens with one attached hydrogen (secondary N) is 1. The maximum atomic E-state index is 12.3. The van der Waals surface area contributed by atoms with Gasteiger partial charge in [0, 0.05) is 5.69 Å². The number of fused-ring (bicyclic) bond motifs is 1. The number of aryl methyl sites for hydroxylation is 2. The summed E-state index contributed by atoms with van der Waals surface area (Å²) in [5.41, 5.74) is 5.33. The largest absolute Gasteiger partial charge is 0.459 e. The van der Waals surface area contributed by atoms with Gasteiger partial charge >= 0.3 is 0 Å². The highest BCUT2D eigenvalue weighted by molar-refractivity contribution is 6.03. The number of nitrogens with zero attached hydrogens (tertiary/aromatic N) is 3. The molecule has 28 heavy (non-hydrogen) atoms. The van der Waals surface area contributed by atoms with E-state index >= 15 is 0 Å². The van der Waals surface area contributed by atoms with Crippen molar-refractivity contribution < 1.29 is 9.21 Å². The molecule has 2 aromatic heterocycles. The summed E-state index contributed by atoms with van der Waals surface area (Å²) in [6, 6.07) is 15.4. The Hall–Kier alpha value is -3.41. The van der Waals surface area contributed by atoms with Crippen LogP contribution in [0.25, 0.3) is 16.7 Å². The first-order valence-electron chi connectivity index (χ1n) is 9.46. The van der Waals surface area contributed by atoms with Gasteiger partial charge in [0.25, 0.3) is 5.91 Å². The fraction of sp³-hybridized carbons (Fsp3) is 0.227. The lowest BCUT2D eigenvalue weighted by Gasteiger charge is -2.06. The van der Waals surface area contributed by atoms with E-state index in [1.807, 2.05) is 31.2 Å². The molecule has 6 heteroatoms. The normalized spacial score (nSPS) is 11.1. The van der Waals surface area contributed by atoms with E-state index in [4.69, 9.17) is 4.42 Å². The number of rotatable bonds is 6. The lowest BCUT2D eigenvalue weighted by molar-refractivity contribution is 0.0996. The van der Waals surface area contributed by atoms with E-state index in [9.17, 15) is 4.79 Å². The number of furan rings is 1. The highest BCUT2D eigenvalue weighted by atomic mass is 16.3. The smallest absolute Gasteiger partial charge is 0.291 e. The second-order valence-corrected chi connectivity index (χ2v) is 6.85. The first-order chi connectivity index (χ1) is 13.6. The van der Waals surface area contributed by atoms with Gasteiger partial charge in [0.1, 0.15) is 11.0 Å². The average molecular weight is 374 g/mol. The van der Waals surface area contributed by atoms with Crippen LogP contribution in [0.4, 0.5) is 5.69 Å². The number of hydrogen-bond acceptors (Lipinski definition) is 4. The van der Waals surface area contributed by atoms with Crippen LogP contribution in [0, 0.1) is 6.92 Å². The Balaban J connectivity index is 1.59. The Morgan fingerprint density at radius 3 is 2.54 bits per heavy atom. The van der Waals surface area contributed by atoms with Crippen molar-refractivity contribution in [3.05, 3.63) is 71.7 Å². The SMILES string of the molecule is CCCCc1ccc(-n2nc3cc(C)c(NC(=O)c4ccco4)cc3n2)cc1. The average Bonchev–Trinajstić information content (AvgIpc) is 3.37. The summed E-state index contributed by atoms with van der Waals surface area (Å²) in [6.45, 7) is 4.12. The first-order valence-corrected chi connectivity index (χ1v) is 9.46. The Bertz CT molecular complexity index is 1100. The minimum Gasteiger partial charge on any atom is -0.459 e. The molecule has 2 heterocycles. The zero-order valence-electron chi connectivity index (χ0n) is 16.0. The van der Waals surface area contributed by atoms with E-state index < -0.39 is 0 Å². The maximum absolute atomic E-state index is 12.3. The van der Waals surface area contributed by atoms with Crippen LogP contribution in [-0.4, -0.2) is 20.9 Å². The molecule has 0 atom stereocenters. The monoisotopic (exact) mass is 374 g/mol. The molecule has 6 nitrogen and oxygen atoms in total. The van der Waals surface area contributed by atoms with Gasteiger partial charge in [-0.15, -0.1) is 10.2 Å². The van der Waals surface area contributed by atoms with Gasteiger partial charge in [0.05, 0.1) is 12.0 Å². The molecule has 0 spiro atoms. The zero-order chi connectivity index (χ0) is 19.5. The molecular formula is C22H22N4O2. The predicted molar refractivity (Wildman–Crippen MR) is 109 cm³/mol. The summed E-state index contributed by atoms with van der Waals surface area (Å²) in [6.07, 6.45) is 4.94. The van der Waals surface area contributed by atoms with E-state index in [-0.39, 0.29) is 11.7 Å².